The number of H-pyrrole nitrogens is 1. The molecular formula is C18H12N4O. The molecule has 23 heavy (non-hydrogen) atoms. The van der Waals surface area contributed by atoms with Crippen LogP contribution >= 0.6 is 0 Å². The highest BCUT2D eigenvalue weighted by Gasteiger charge is 2.23. The molecule has 0 aliphatic carbocycles. The Bertz CT molecular complexity index is 1220. The molecule has 0 bridgehead atoms. The van der Waals surface area contributed by atoms with E-state index in [1.807, 2.05) is 31.5 Å². The van der Waals surface area contributed by atoms with E-state index < -0.39 is 0 Å². The third-order valence-electron chi connectivity index (χ3n) is 4.42. The van der Waals surface area contributed by atoms with Gasteiger partial charge in [0.1, 0.15) is 0 Å². The summed E-state index contributed by atoms with van der Waals surface area (Å²) in [5.41, 5.74) is 5.00. The fourth-order valence-corrected chi connectivity index (χ4v) is 3.45. The highest BCUT2D eigenvalue weighted by molar-refractivity contribution is 6.27. The number of aromatic amines is 1. The van der Waals surface area contributed by atoms with Crippen molar-refractivity contribution >= 4 is 50.3 Å². The first-order valence-electron chi connectivity index (χ1n) is 7.41. The Morgan fingerprint density at radius 2 is 2.00 bits per heavy atom. The number of para-hydroxylation sites is 1. The van der Waals surface area contributed by atoms with Gasteiger partial charge in [-0.25, -0.2) is 4.98 Å². The van der Waals surface area contributed by atoms with E-state index in [9.17, 15) is 4.79 Å². The number of pyridine rings is 2. The monoisotopic (exact) mass is 300 g/mol. The lowest BCUT2D eigenvalue weighted by molar-refractivity contribution is 1.38. The predicted molar refractivity (Wildman–Crippen MR) is 94.2 cm³/mol. The Balaban J connectivity index is 2.19. The van der Waals surface area contributed by atoms with E-state index in [0.29, 0.717) is 5.39 Å². The van der Waals surface area contributed by atoms with Gasteiger partial charge in [0.2, 0.25) is 0 Å². The first-order valence-corrected chi connectivity index (χ1v) is 7.41. The SMILES string of the molecule is CNc1c2c3c(c4ccccc4nc3c3[nH]ccc(=O)c13)C=N2. The van der Waals surface area contributed by atoms with Crippen molar-refractivity contribution in [1.29, 1.82) is 0 Å². The minimum atomic E-state index is -0.0418. The zero-order valence-electron chi connectivity index (χ0n) is 12.3. The van der Waals surface area contributed by atoms with E-state index in [2.05, 4.69) is 21.4 Å². The number of aromatic nitrogens is 2. The van der Waals surface area contributed by atoms with Gasteiger partial charge in [-0.05, 0) is 6.07 Å². The molecule has 0 unspecified atom stereocenters. The van der Waals surface area contributed by atoms with E-state index in [1.165, 1.54) is 6.07 Å². The third-order valence-corrected chi connectivity index (χ3v) is 4.42. The van der Waals surface area contributed by atoms with Gasteiger partial charge in [0.25, 0.3) is 0 Å². The summed E-state index contributed by atoms with van der Waals surface area (Å²) in [5, 5.41) is 5.80. The van der Waals surface area contributed by atoms with E-state index in [1.54, 1.807) is 6.20 Å². The van der Waals surface area contributed by atoms with Gasteiger partial charge in [0, 0.05) is 41.9 Å². The Hall–Kier alpha value is -3.21. The second-order valence-corrected chi connectivity index (χ2v) is 5.59. The van der Waals surface area contributed by atoms with Crippen LogP contribution in [-0.4, -0.2) is 23.2 Å². The van der Waals surface area contributed by atoms with Crippen molar-refractivity contribution < 1.29 is 0 Å². The lowest BCUT2D eigenvalue weighted by Gasteiger charge is -2.12. The Labute approximate surface area is 130 Å². The highest BCUT2D eigenvalue weighted by atomic mass is 16.1. The van der Waals surface area contributed by atoms with Crippen molar-refractivity contribution in [2.24, 2.45) is 4.99 Å². The Kier molecular flexibility index (Phi) is 2.24. The van der Waals surface area contributed by atoms with Crippen molar-refractivity contribution in [2.75, 3.05) is 12.4 Å². The van der Waals surface area contributed by atoms with Crippen LogP contribution in [0.4, 0.5) is 11.4 Å². The molecule has 1 aliphatic rings. The summed E-state index contributed by atoms with van der Waals surface area (Å²) in [5.74, 6) is 0. The Morgan fingerprint density at radius 1 is 1.13 bits per heavy atom. The number of nitrogens with zero attached hydrogens (tertiary/aromatic N) is 2. The van der Waals surface area contributed by atoms with Gasteiger partial charge in [0.15, 0.2) is 5.43 Å². The molecule has 0 atom stereocenters. The van der Waals surface area contributed by atoms with Crippen molar-refractivity contribution in [3.8, 4) is 0 Å². The molecule has 2 aromatic carbocycles. The van der Waals surface area contributed by atoms with Crippen LogP contribution in [0, 0.1) is 0 Å². The molecule has 3 heterocycles. The molecule has 110 valence electrons. The van der Waals surface area contributed by atoms with Gasteiger partial charge in [0.05, 0.1) is 33.3 Å². The van der Waals surface area contributed by atoms with Gasteiger partial charge >= 0.3 is 0 Å². The average molecular weight is 300 g/mol. The molecule has 0 saturated carbocycles. The van der Waals surface area contributed by atoms with Crippen molar-refractivity contribution in [2.45, 2.75) is 0 Å². The molecule has 0 radical (unpaired) electrons. The maximum atomic E-state index is 12.4. The number of nitrogens with one attached hydrogen (secondary N) is 2. The van der Waals surface area contributed by atoms with E-state index in [0.717, 1.165) is 44.3 Å². The largest absolute Gasteiger partial charge is 0.386 e. The molecule has 2 N–H and O–H groups in total. The number of rotatable bonds is 1. The number of fused-ring (bicyclic) bond motifs is 4. The second-order valence-electron chi connectivity index (χ2n) is 5.59. The molecule has 0 fully saturated rings. The lowest BCUT2D eigenvalue weighted by atomic mass is 10.00. The van der Waals surface area contributed by atoms with Crippen LogP contribution in [0.25, 0.3) is 32.7 Å². The van der Waals surface area contributed by atoms with Crippen LogP contribution in [-0.2, 0) is 0 Å². The van der Waals surface area contributed by atoms with Crippen LogP contribution in [0.2, 0.25) is 0 Å². The fraction of sp³-hybridized carbons (Fsp3) is 0.0556. The average Bonchev–Trinajstić information content (AvgIpc) is 3.02. The normalized spacial score (nSPS) is 12.6. The standard InChI is InChI=1S/C18H12N4O/c1-19-15-14-12(23)6-7-20-17(14)18-13-10(8-21-16(13)15)9-4-2-3-5-11(9)22-18/h2-8,19H,1H3,(H,20,23). The number of aliphatic imine (C=N–C) groups is 1. The molecule has 0 amide bonds. The second kappa shape index (κ2) is 4.16. The minimum absolute atomic E-state index is 0.0418. The molecular weight excluding hydrogens is 288 g/mol. The summed E-state index contributed by atoms with van der Waals surface area (Å²) in [7, 11) is 1.81. The summed E-state index contributed by atoms with van der Waals surface area (Å²) >= 11 is 0. The molecule has 0 spiro atoms. The van der Waals surface area contributed by atoms with Crippen LogP contribution in [0.3, 0.4) is 0 Å². The van der Waals surface area contributed by atoms with E-state index >= 15 is 0 Å². The Morgan fingerprint density at radius 3 is 2.87 bits per heavy atom. The molecule has 5 rings (SSSR count). The quantitative estimate of drug-likeness (QED) is 0.368. The first-order chi connectivity index (χ1) is 11.3. The van der Waals surface area contributed by atoms with Crippen molar-refractivity contribution in [1.82, 2.24) is 9.97 Å². The van der Waals surface area contributed by atoms with Gasteiger partial charge < -0.3 is 10.3 Å². The van der Waals surface area contributed by atoms with E-state index in [4.69, 9.17) is 4.98 Å². The number of hydrogen-bond acceptors (Lipinski definition) is 4. The number of hydrogen-bond donors (Lipinski definition) is 2. The lowest BCUT2D eigenvalue weighted by Crippen LogP contribution is -2.05. The predicted octanol–water partition coefficient (Wildman–Crippen LogP) is 3.34. The summed E-state index contributed by atoms with van der Waals surface area (Å²) in [6, 6.07) is 9.53. The summed E-state index contributed by atoms with van der Waals surface area (Å²) in [6.07, 6.45) is 3.53. The number of benzene rings is 2. The van der Waals surface area contributed by atoms with Gasteiger partial charge in [-0.2, -0.15) is 0 Å². The smallest absolute Gasteiger partial charge is 0.191 e. The maximum absolute atomic E-state index is 12.4. The van der Waals surface area contributed by atoms with Gasteiger partial charge in [-0.15, -0.1) is 0 Å². The van der Waals surface area contributed by atoms with Crippen molar-refractivity contribution in [3.05, 3.63) is 52.3 Å². The van der Waals surface area contributed by atoms with Crippen LogP contribution in [0.1, 0.15) is 5.56 Å². The zero-order valence-corrected chi connectivity index (χ0v) is 12.3. The van der Waals surface area contributed by atoms with Gasteiger partial charge in [-0.1, -0.05) is 18.2 Å². The molecule has 4 aromatic rings. The minimum Gasteiger partial charge on any atom is -0.386 e. The summed E-state index contributed by atoms with van der Waals surface area (Å²) < 4.78 is 0. The van der Waals surface area contributed by atoms with Crippen LogP contribution in [0.15, 0.2) is 46.3 Å². The van der Waals surface area contributed by atoms with Crippen LogP contribution < -0.4 is 10.7 Å². The third kappa shape index (κ3) is 1.43. The molecule has 0 saturated heterocycles. The number of anilines is 1. The summed E-state index contributed by atoms with van der Waals surface area (Å²) in [6.45, 7) is 0. The first kappa shape index (κ1) is 12.3. The zero-order chi connectivity index (χ0) is 15.6. The molecule has 5 heteroatoms. The molecule has 1 aliphatic heterocycles. The maximum Gasteiger partial charge on any atom is 0.191 e. The summed E-state index contributed by atoms with van der Waals surface area (Å²) in [4.78, 5) is 25.0. The molecule has 5 nitrogen and oxygen atoms in total. The topological polar surface area (TPSA) is 70.1 Å². The molecule has 2 aromatic heterocycles. The van der Waals surface area contributed by atoms with Crippen molar-refractivity contribution in [3.63, 3.8) is 0 Å². The van der Waals surface area contributed by atoms with Crippen LogP contribution in [0.5, 0.6) is 0 Å². The van der Waals surface area contributed by atoms with Gasteiger partial charge in [-0.3, -0.25) is 9.79 Å². The highest BCUT2D eigenvalue weighted by Crippen LogP contribution is 2.44. The van der Waals surface area contributed by atoms with E-state index in [-0.39, 0.29) is 5.43 Å². The fourth-order valence-electron chi connectivity index (χ4n) is 3.45.